The smallest absolute Gasteiger partial charge is 0.0954 e. The van der Waals surface area contributed by atoms with E-state index < -0.39 is 0 Å². The number of aromatic nitrogens is 1. The molecule has 1 aromatic heterocycles. The predicted octanol–water partition coefficient (Wildman–Crippen LogP) is 2.76. The molecule has 2 rings (SSSR count). The Morgan fingerprint density at radius 1 is 1.33 bits per heavy atom. The van der Waals surface area contributed by atoms with Crippen LogP contribution in [0.15, 0.2) is 28.9 Å². The van der Waals surface area contributed by atoms with Gasteiger partial charge in [-0.2, -0.15) is 0 Å². The van der Waals surface area contributed by atoms with E-state index in [1.165, 1.54) is 0 Å². The van der Waals surface area contributed by atoms with Crippen LogP contribution in [0.25, 0.3) is 10.9 Å². The maximum Gasteiger partial charge on any atom is 0.0954 e. The number of hydrogen-bond donors (Lipinski definition) is 3. The van der Waals surface area contributed by atoms with E-state index >= 15 is 0 Å². The number of unbranched alkanes of at least 4 members (excludes halogenated alkanes) is 1. The molecule has 0 aliphatic carbocycles. The predicted molar refractivity (Wildman–Crippen MR) is 78.7 cm³/mol. The molecule has 1 heterocycles. The molecule has 4 nitrogen and oxygen atoms in total. The quantitative estimate of drug-likeness (QED) is 0.586. The number of anilines is 2. The molecule has 0 aliphatic rings. The summed E-state index contributed by atoms with van der Waals surface area (Å²) in [5.74, 6) is 0. The van der Waals surface area contributed by atoms with Crippen LogP contribution in [0.5, 0.6) is 0 Å². The maximum absolute atomic E-state index is 8.74. The Bertz CT molecular complexity index is 545. The van der Waals surface area contributed by atoms with Crippen LogP contribution in [-0.4, -0.2) is 23.2 Å². The Morgan fingerprint density at radius 2 is 2.17 bits per heavy atom. The van der Waals surface area contributed by atoms with Crippen molar-refractivity contribution in [1.29, 1.82) is 0 Å². The SMILES string of the molecule is Nc1ccc(NCCCCO)c2ncc(Br)cc12. The minimum atomic E-state index is 0.232. The average molecular weight is 310 g/mol. The largest absolute Gasteiger partial charge is 0.398 e. The molecule has 1 aromatic carbocycles. The summed E-state index contributed by atoms with van der Waals surface area (Å²) in [5, 5.41) is 13.0. The molecule has 96 valence electrons. The summed E-state index contributed by atoms with van der Waals surface area (Å²) < 4.78 is 0.916. The van der Waals surface area contributed by atoms with Crippen molar-refractivity contribution >= 4 is 38.2 Å². The molecular weight excluding hydrogens is 294 g/mol. The van der Waals surface area contributed by atoms with Crippen LogP contribution < -0.4 is 11.1 Å². The zero-order valence-corrected chi connectivity index (χ0v) is 11.6. The highest BCUT2D eigenvalue weighted by Crippen LogP contribution is 2.28. The second-order valence-electron chi connectivity index (χ2n) is 4.11. The van der Waals surface area contributed by atoms with Crippen molar-refractivity contribution < 1.29 is 5.11 Å². The lowest BCUT2D eigenvalue weighted by molar-refractivity contribution is 0.286. The summed E-state index contributed by atoms with van der Waals surface area (Å²) in [6.45, 7) is 1.05. The van der Waals surface area contributed by atoms with Gasteiger partial charge < -0.3 is 16.2 Å². The van der Waals surface area contributed by atoms with Gasteiger partial charge in [-0.15, -0.1) is 0 Å². The molecule has 0 atom stereocenters. The zero-order chi connectivity index (χ0) is 13.0. The van der Waals surface area contributed by atoms with Crippen molar-refractivity contribution in [2.24, 2.45) is 0 Å². The number of nitrogen functional groups attached to an aromatic ring is 1. The molecule has 0 fully saturated rings. The van der Waals surface area contributed by atoms with E-state index in [4.69, 9.17) is 10.8 Å². The molecule has 18 heavy (non-hydrogen) atoms. The molecule has 0 saturated carbocycles. The molecule has 0 saturated heterocycles. The first kappa shape index (κ1) is 13.1. The summed E-state index contributed by atoms with van der Waals surface area (Å²) in [5.41, 5.74) is 8.52. The van der Waals surface area contributed by atoms with E-state index in [0.717, 1.165) is 46.1 Å². The number of fused-ring (bicyclic) bond motifs is 1. The van der Waals surface area contributed by atoms with Crippen molar-refractivity contribution in [3.8, 4) is 0 Å². The van der Waals surface area contributed by atoms with Crippen molar-refractivity contribution in [1.82, 2.24) is 4.98 Å². The number of nitrogens with one attached hydrogen (secondary N) is 1. The van der Waals surface area contributed by atoms with E-state index in [9.17, 15) is 0 Å². The second-order valence-corrected chi connectivity index (χ2v) is 5.03. The molecule has 0 aliphatic heterocycles. The summed E-state index contributed by atoms with van der Waals surface area (Å²) >= 11 is 3.40. The van der Waals surface area contributed by atoms with Crippen molar-refractivity contribution in [3.63, 3.8) is 0 Å². The normalized spacial score (nSPS) is 10.8. The number of rotatable bonds is 5. The summed E-state index contributed by atoms with van der Waals surface area (Å²) in [7, 11) is 0. The summed E-state index contributed by atoms with van der Waals surface area (Å²) in [4.78, 5) is 4.40. The third-order valence-electron chi connectivity index (χ3n) is 2.75. The van der Waals surface area contributed by atoms with Gasteiger partial charge in [0.05, 0.1) is 11.2 Å². The Balaban J connectivity index is 2.25. The lowest BCUT2D eigenvalue weighted by atomic mass is 10.1. The van der Waals surface area contributed by atoms with Gasteiger partial charge in [0.25, 0.3) is 0 Å². The minimum absolute atomic E-state index is 0.232. The van der Waals surface area contributed by atoms with Crippen LogP contribution in [0.4, 0.5) is 11.4 Å². The fourth-order valence-corrected chi connectivity index (χ4v) is 2.15. The minimum Gasteiger partial charge on any atom is -0.398 e. The first-order valence-corrected chi connectivity index (χ1v) is 6.70. The highest BCUT2D eigenvalue weighted by molar-refractivity contribution is 9.10. The molecule has 5 heteroatoms. The molecule has 0 unspecified atom stereocenters. The highest BCUT2D eigenvalue weighted by Gasteiger charge is 2.05. The van der Waals surface area contributed by atoms with Gasteiger partial charge in [0.1, 0.15) is 0 Å². The number of nitrogens with two attached hydrogens (primary N) is 1. The van der Waals surface area contributed by atoms with Crippen LogP contribution in [-0.2, 0) is 0 Å². The van der Waals surface area contributed by atoms with Crippen LogP contribution in [0.1, 0.15) is 12.8 Å². The molecule has 4 N–H and O–H groups in total. The first-order valence-electron chi connectivity index (χ1n) is 5.91. The topological polar surface area (TPSA) is 71.2 Å². The molecular formula is C13H16BrN3O. The zero-order valence-electron chi connectivity index (χ0n) is 9.99. The monoisotopic (exact) mass is 309 g/mol. The van der Waals surface area contributed by atoms with Crippen LogP contribution in [0.3, 0.4) is 0 Å². The van der Waals surface area contributed by atoms with Gasteiger partial charge in [-0.3, -0.25) is 4.98 Å². The van der Waals surface area contributed by atoms with Gasteiger partial charge in [0.2, 0.25) is 0 Å². The summed E-state index contributed by atoms with van der Waals surface area (Å²) in [6.07, 6.45) is 3.50. The highest BCUT2D eigenvalue weighted by atomic mass is 79.9. The van der Waals surface area contributed by atoms with Crippen molar-refractivity contribution in [3.05, 3.63) is 28.9 Å². The third-order valence-corrected chi connectivity index (χ3v) is 3.18. The Labute approximate surface area is 114 Å². The Kier molecular flexibility index (Phi) is 4.38. The lowest BCUT2D eigenvalue weighted by Gasteiger charge is -2.10. The fraction of sp³-hybridized carbons (Fsp3) is 0.308. The van der Waals surface area contributed by atoms with Crippen molar-refractivity contribution in [2.45, 2.75) is 12.8 Å². The Morgan fingerprint density at radius 3 is 2.94 bits per heavy atom. The first-order chi connectivity index (χ1) is 8.72. The number of halogens is 1. The number of aliphatic hydroxyl groups excluding tert-OH is 1. The number of nitrogens with zero attached hydrogens (tertiary/aromatic N) is 1. The Hall–Kier alpha value is -1.33. The van der Waals surface area contributed by atoms with Gasteiger partial charge in [0, 0.05) is 34.9 Å². The van der Waals surface area contributed by atoms with E-state index in [1.807, 2.05) is 18.2 Å². The maximum atomic E-state index is 8.74. The van der Waals surface area contributed by atoms with Crippen LogP contribution in [0.2, 0.25) is 0 Å². The van der Waals surface area contributed by atoms with Gasteiger partial charge >= 0.3 is 0 Å². The number of benzene rings is 1. The van der Waals surface area contributed by atoms with E-state index in [1.54, 1.807) is 6.20 Å². The average Bonchev–Trinajstić information content (AvgIpc) is 2.37. The van der Waals surface area contributed by atoms with Gasteiger partial charge in [0.15, 0.2) is 0 Å². The van der Waals surface area contributed by atoms with E-state index in [0.29, 0.717) is 0 Å². The molecule has 0 radical (unpaired) electrons. The third kappa shape index (κ3) is 2.91. The van der Waals surface area contributed by atoms with E-state index in [-0.39, 0.29) is 6.61 Å². The van der Waals surface area contributed by atoms with Crippen LogP contribution >= 0.6 is 15.9 Å². The van der Waals surface area contributed by atoms with Gasteiger partial charge in [-0.05, 0) is 47.0 Å². The van der Waals surface area contributed by atoms with Crippen molar-refractivity contribution in [2.75, 3.05) is 24.2 Å². The molecule has 0 amide bonds. The number of hydrogen-bond acceptors (Lipinski definition) is 4. The second kappa shape index (κ2) is 6.02. The lowest BCUT2D eigenvalue weighted by Crippen LogP contribution is -2.04. The number of pyridine rings is 1. The standard InChI is InChI=1S/C13H16BrN3O/c14-9-7-10-11(15)3-4-12(13(10)17-8-9)16-5-1-2-6-18/h3-4,7-8,16,18H,1-2,5-6,15H2. The fourth-order valence-electron chi connectivity index (χ4n) is 1.82. The van der Waals surface area contributed by atoms with E-state index in [2.05, 4.69) is 26.2 Å². The summed E-state index contributed by atoms with van der Waals surface area (Å²) in [6, 6.07) is 5.79. The number of aliphatic hydroxyl groups is 1. The van der Waals surface area contributed by atoms with Gasteiger partial charge in [-0.25, -0.2) is 0 Å². The van der Waals surface area contributed by atoms with Gasteiger partial charge in [-0.1, -0.05) is 0 Å². The van der Waals surface area contributed by atoms with Crippen LogP contribution in [0, 0.1) is 0 Å². The molecule has 0 spiro atoms. The molecule has 0 bridgehead atoms. The molecule has 2 aromatic rings.